The lowest BCUT2D eigenvalue weighted by molar-refractivity contribution is 0.318. The fourth-order valence-electron chi connectivity index (χ4n) is 1.49. The average molecular weight is 243 g/mol. The van der Waals surface area contributed by atoms with Gasteiger partial charge in [0, 0.05) is 30.7 Å². The third-order valence-electron chi connectivity index (χ3n) is 2.51. The Bertz CT molecular complexity index is 538. The number of aromatic nitrogens is 2. The van der Waals surface area contributed by atoms with Gasteiger partial charge in [-0.1, -0.05) is 5.16 Å². The van der Waals surface area contributed by atoms with Crippen molar-refractivity contribution in [2.45, 2.75) is 0 Å². The highest BCUT2D eigenvalue weighted by Crippen LogP contribution is 2.19. The van der Waals surface area contributed by atoms with Gasteiger partial charge in [-0.25, -0.2) is 9.97 Å². The van der Waals surface area contributed by atoms with Gasteiger partial charge in [-0.2, -0.15) is 0 Å². The first kappa shape index (κ1) is 11.8. The van der Waals surface area contributed by atoms with E-state index in [1.807, 2.05) is 24.1 Å². The van der Waals surface area contributed by atoms with E-state index in [0.717, 1.165) is 5.69 Å². The van der Waals surface area contributed by atoms with Crippen LogP contribution in [-0.2, 0) is 0 Å². The maximum absolute atomic E-state index is 8.58. The summed E-state index contributed by atoms with van der Waals surface area (Å²) in [5, 5.41) is 11.5. The maximum atomic E-state index is 8.58. The van der Waals surface area contributed by atoms with Crippen LogP contribution in [0.15, 0.2) is 47.9 Å². The van der Waals surface area contributed by atoms with Gasteiger partial charge in [0.2, 0.25) is 5.95 Å². The molecule has 0 radical (unpaired) electrons. The predicted octanol–water partition coefficient (Wildman–Crippen LogP) is 1.34. The Morgan fingerprint density at radius 1 is 1.22 bits per heavy atom. The van der Waals surface area contributed by atoms with Crippen LogP contribution in [0.1, 0.15) is 5.56 Å². The standard InChI is InChI=1S/C12H13N5O/c1-17(12-14-7-2-8-15-12)10-5-3-9(4-6-10)11(13)16-18/h2-8,18H,1H3,(H2,13,16). The van der Waals surface area contributed by atoms with Crippen molar-refractivity contribution in [3.8, 4) is 0 Å². The van der Waals surface area contributed by atoms with E-state index in [9.17, 15) is 0 Å². The molecular weight excluding hydrogens is 230 g/mol. The Kier molecular flexibility index (Phi) is 3.38. The first-order valence-corrected chi connectivity index (χ1v) is 5.31. The number of nitrogens with zero attached hydrogens (tertiary/aromatic N) is 4. The van der Waals surface area contributed by atoms with Crippen LogP contribution in [0.4, 0.5) is 11.6 Å². The smallest absolute Gasteiger partial charge is 0.229 e. The number of rotatable bonds is 3. The van der Waals surface area contributed by atoms with E-state index in [4.69, 9.17) is 10.9 Å². The molecule has 2 rings (SSSR count). The summed E-state index contributed by atoms with van der Waals surface area (Å²) in [7, 11) is 1.87. The summed E-state index contributed by atoms with van der Waals surface area (Å²) < 4.78 is 0. The molecule has 0 fully saturated rings. The number of amidine groups is 1. The molecule has 0 unspecified atom stereocenters. The fourth-order valence-corrected chi connectivity index (χ4v) is 1.49. The molecule has 0 saturated carbocycles. The number of nitrogens with two attached hydrogens (primary N) is 1. The summed E-state index contributed by atoms with van der Waals surface area (Å²) in [6, 6.07) is 9.00. The van der Waals surface area contributed by atoms with E-state index in [1.54, 1.807) is 30.6 Å². The van der Waals surface area contributed by atoms with Gasteiger partial charge in [-0.15, -0.1) is 0 Å². The molecule has 0 bridgehead atoms. The van der Waals surface area contributed by atoms with E-state index in [1.165, 1.54) is 0 Å². The molecule has 92 valence electrons. The van der Waals surface area contributed by atoms with Gasteiger partial charge in [0.1, 0.15) is 0 Å². The van der Waals surface area contributed by atoms with Crippen LogP contribution < -0.4 is 10.6 Å². The first-order valence-electron chi connectivity index (χ1n) is 5.31. The highest BCUT2D eigenvalue weighted by molar-refractivity contribution is 5.97. The highest BCUT2D eigenvalue weighted by atomic mass is 16.4. The van der Waals surface area contributed by atoms with Gasteiger partial charge in [0.05, 0.1) is 0 Å². The van der Waals surface area contributed by atoms with E-state index in [0.29, 0.717) is 11.5 Å². The molecule has 0 aliphatic heterocycles. The Morgan fingerprint density at radius 2 is 1.83 bits per heavy atom. The van der Waals surface area contributed by atoms with Crippen LogP contribution in [0.5, 0.6) is 0 Å². The van der Waals surface area contributed by atoms with E-state index in [-0.39, 0.29) is 5.84 Å². The lowest BCUT2D eigenvalue weighted by atomic mass is 10.2. The minimum atomic E-state index is 0.0835. The quantitative estimate of drug-likeness (QED) is 0.367. The largest absolute Gasteiger partial charge is 0.409 e. The minimum absolute atomic E-state index is 0.0835. The van der Waals surface area contributed by atoms with E-state index in [2.05, 4.69) is 15.1 Å². The Morgan fingerprint density at radius 3 is 2.39 bits per heavy atom. The van der Waals surface area contributed by atoms with E-state index < -0.39 is 0 Å². The van der Waals surface area contributed by atoms with Gasteiger partial charge in [0.25, 0.3) is 0 Å². The van der Waals surface area contributed by atoms with Crippen molar-refractivity contribution in [3.63, 3.8) is 0 Å². The second kappa shape index (κ2) is 5.13. The molecule has 0 saturated heterocycles. The summed E-state index contributed by atoms with van der Waals surface area (Å²) >= 11 is 0. The number of hydrogen-bond donors (Lipinski definition) is 2. The van der Waals surface area contributed by atoms with Crippen molar-refractivity contribution < 1.29 is 5.21 Å². The molecule has 0 spiro atoms. The van der Waals surface area contributed by atoms with Gasteiger partial charge in [0.15, 0.2) is 5.84 Å². The molecule has 0 aliphatic carbocycles. The normalized spacial score (nSPS) is 11.3. The molecule has 1 aromatic heterocycles. The Labute approximate surface area is 104 Å². The topological polar surface area (TPSA) is 87.6 Å². The molecule has 0 aliphatic rings. The molecule has 6 heteroatoms. The lowest BCUT2D eigenvalue weighted by Crippen LogP contribution is -2.15. The van der Waals surface area contributed by atoms with Crippen LogP contribution in [0, 0.1) is 0 Å². The number of anilines is 2. The molecular formula is C12H13N5O. The van der Waals surface area contributed by atoms with Crippen LogP contribution in [0.25, 0.3) is 0 Å². The lowest BCUT2D eigenvalue weighted by Gasteiger charge is -2.16. The highest BCUT2D eigenvalue weighted by Gasteiger charge is 2.06. The van der Waals surface area contributed by atoms with Crippen LogP contribution >= 0.6 is 0 Å². The zero-order valence-corrected chi connectivity index (χ0v) is 9.85. The van der Waals surface area contributed by atoms with Crippen molar-refractivity contribution in [3.05, 3.63) is 48.3 Å². The first-order chi connectivity index (χ1) is 8.72. The third kappa shape index (κ3) is 2.37. The summed E-state index contributed by atoms with van der Waals surface area (Å²) in [4.78, 5) is 10.2. The zero-order valence-electron chi connectivity index (χ0n) is 9.85. The van der Waals surface area contributed by atoms with Gasteiger partial charge in [-0.3, -0.25) is 0 Å². The van der Waals surface area contributed by atoms with Gasteiger partial charge < -0.3 is 15.8 Å². The van der Waals surface area contributed by atoms with Gasteiger partial charge in [-0.05, 0) is 30.3 Å². The van der Waals surface area contributed by atoms with Crippen molar-refractivity contribution in [2.24, 2.45) is 10.9 Å². The minimum Gasteiger partial charge on any atom is -0.409 e. The predicted molar refractivity (Wildman–Crippen MR) is 69.0 cm³/mol. The van der Waals surface area contributed by atoms with Crippen molar-refractivity contribution in [2.75, 3.05) is 11.9 Å². The van der Waals surface area contributed by atoms with Crippen LogP contribution in [0.2, 0.25) is 0 Å². The van der Waals surface area contributed by atoms with Gasteiger partial charge >= 0.3 is 0 Å². The SMILES string of the molecule is CN(c1ccc(C(N)=NO)cc1)c1ncccn1. The molecule has 0 atom stereocenters. The number of oxime groups is 1. The van der Waals surface area contributed by atoms with Crippen LogP contribution in [0.3, 0.4) is 0 Å². The Hall–Kier alpha value is -2.63. The number of benzene rings is 1. The fraction of sp³-hybridized carbons (Fsp3) is 0.0833. The number of hydrogen-bond acceptors (Lipinski definition) is 5. The molecule has 18 heavy (non-hydrogen) atoms. The summed E-state index contributed by atoms with van der Waals surface area (Å²) in [5.74, 6) is 0.689. The van der Waals surface area contributed by atoms with Crippen LogP contribution in [-0.4, -0.2) is 28.1 Å². The summed E-state index contributed by atoms with van der Waals surface area (Å²) in [5.41, 5.74) is 7.06. The summed E-state index contributed by atoms with van der Waals surface area (Å²) in [6.45, 7) is 0. The van der Waals surface area contributed by atoms with Crippen molar-refractivity contribution in [1.29, 1.82) is 0 Å². The average Bonchev–Trinajstić information content (AvgIpc) is 2.47. The zero-order chi connectivity index (χ0) is 13.0. The summed E-state index contributed by atoms with van der Waals surface area (Å²) in [6.07, 6.45) is 3.37. The third-order valence-corrected chi connectivity index (χ3v) is 2.51. The molecule has 2 aromatic rings. The maximum Gasteiger partial charge on any atom is 0.229 e. The van der Waals surface area contributed by atoms with E-state index >= 15 is 0 Å². The molecule has 3 N–H and O–H groups in total. The molecule has 6 nitrogen and oxygen atoms in total. The Balaban J connectivity index is 2.25. The second-order valence-electron chi connectivity index (χ2n) is 3.64. The van der Waals surface area contributed by atoms with Crippen molar-refractivity contribution in [1.82, 2.24) is 9.97 Å². The second-order valence-corrected chi connectivity index (χ2v) is 3.64. The van der Waals surface area contributed by atoms with Crippen molar-refractivity contribution >= 4 is 17.5 Å². The molecule has 0 amide bonds. The molecule has 1 aromatic carbocycles. The monoisotopic (exact) mass is 243 g/mol. The molecule has 1 heterocycles.